The second-order valence-electron chi connectivity index (χ2n) is 6.52. The lowest BCUT2D eigenvalue weighted by molar-refractivity contribution is -0.123. The highest BCUT2D eigenvalue weighted by atomic mass is 35.5. The van der Waals surface area contributed by atoms with Crippen LogP contribution in [-0.4, -0.2) is 22.5 Å². The molecule has 0 bridgehead atoms. The van der Waals surface area contributed by atoms with Gasteiger partial charge >= 0.3 is 0 Å². The molecular formula is C22H18ClN3O3. The fraction of sp³-hybridized carbons (Fsp3) is 0.136. The zero-order valence-corrected chi connectivity index (χ0v) is 16.4. The maximum atomic E-state index is 12.1. The third-order valence-corrected chi connectivity index (χ3v) is 4.59. The van der Waals surface area contributed by atoms with Gasteiger partial charge in [-0.05, 0) is 60.5 Å². The second kappa shape index (κ2) is 8.32. The number of rotatable bonds is 6. The Kier molecular flexibility index (Phi) is 5.44. The number of benzene rings is 2. The van der Waals surface area contributed by atoms with Crippen molar-refractivity contribution in [2.75, 3.05) is 6.61 Å². The molecule has 2 heterocycles. The molecule has 0 saturated carbocycles. The lowest BCUT2D eigenvalue weighted by Gasteiger charge is -2.10. The minimum atomic E-state index is -0.201. The van der Waals surface area contributed by atoms with Crippen LogP contribution in [0.15, 0.2) is 65.2 Å². The van der Waals surface area contributed by atoms with E-state index in [-0.39, 0.29) is 12.5 Å². The Balaban J connectivity index is 1.32. The predicted octanol–water partition coefficient (Wildman–Crippen LogP) is 4.55. The number of amides is 1. The minimum absolute atomic E-state index is 0.0591. The van der Waals surface area contributed by atoms with Gasteiger partial charge in [-0.25, -0.2) is 4.98 Å². The molecule has 4 aromatic rings. The van der Waals surface area contributed by atoms with Crippen molar-refractivity contribution >= 4 is 28.7 Å². The van der Waals surface area contributed by atoms with Gasteiger partial charge < -0.3 is 14.5 Å². The normalized spacial score (nSPS) is 10.8. The Bertz CT molecular complexity index is 1120. The summed E-state index contributed by atoms with van der Waals surface area (Å²) in [4.78, 5) is 20.6. The number of hydrogen-bond acceptors (Lipinski definition) is 5. The molecule has 1 amide bonds. The molecule has 0 fully saturated rings. The third kappa shape index (κ3) is 4.55. The Labute approximate surface area is 172 Å². The van der Waals surface area contributed by atoms with E-state index in [4.69, 9.17) is 20.8 Å². The van der Waals surface area contributed by atoms with Gasteiger partial charge in [0.05, 0.1) is 0 Å². The first-order valence-corrected chi connectivity index (χ1v) is 9.43. The topological polar surface area (TPSA) is 77.2 Å². The van der Waals surface area contributed by atoms with Crippen molar-refractivity contribution in [2.45, 2.75) is 13.5 Å². The molecule has 146 valence electrons. The van der Waals surface area contributed by atoms with Crippen LogP contribution in [0.4, 0.5) is 0 Å². The van der Waals surface area contributed by atoms with Crippen LogP contribution in [0.1, 0.15) is 11.1 Å². The number of oxazole rings is 1. The van der Waals surface area contributed by atoms with Crippen molar-refractivity contribution < 1.29 is 13.9 Å². The van der Waals surface area contributed by atoms with Crippen LogP contribution < -0.4 is 10.1 Å². The first-order chi connectivity index (χ1) is 14.1. The summed E-state index contributed by atoms with van der Waals surface area (Å²) in [6.07, 6.45) is 1.68. The number of aryl methyl sites for hydroxylation is 1. The number of hydrogen-bond donors (Lipinski definition) is 1. The van der Waals surface area contributed by atoms with Crippen LogP contribution in [0, 0.1) is 6.92 Å². The van der Waals surface area contributed by atoms with Crippen molar-refractivity contribution in [1.29, 1.82) is 0 Å². The van der Waals surface area contributed by atoms with Gasteiger partial charge in [0.1, 0.15) is 5.75 Å². The van der Waals surface area contributed by atoms with Gasteiger partial charge in [0.2, 0.25) is 5.89 Å². The van der Waals surface area contributed by atoms with Crippen LogP contribution in [0.25, 0.3) is 22.7 Å². The molecule has 0 aliphatic rings. The second-order valence-corrected chi connectivity index (χ2v) is 6.95. The largest absolute Gasteiger partial charge is 0.484 e. The summed E-state index contributed by atoms with van der Waals surface area (Å²) in [5, 5.41) is 3.48. The van der Waals surface area contributed by atoms with Gasteiger partial charge in [-0.1, -0.05) is 23.7 Å². The summed E-state index contributed by atoms with van der Waals surface area (Å²) in [6.45, 7) is 2.22. The molecule has 6 nitrogen and oxygen atoms in total. The first-order valence-electron chi connectivity index (χ1n) is 9.05. The van der Waals surface area contributed by atoms with Gasteiger partial charge in [-0.3, -0.25) is 4.79 Å². The molecule has 0 unspecified atom stereocenters. The quantitative estimate of drug-likeness (QED) is 0.507. The number of carbonyl (C=O) groups excluding carboxylic acids is 1. The standard InChI is InChI=1S/C22H18ClN3O3/c1-14-11-17(23)8-9-18(14)28-13-20(27)25-12-15-4-6-16(7-5-15)22-26-21-19(29-22)3-2-10-24-21/h2-11H,12-13H2,1H3,(H,25,27). The van der Waals surface area contributed by atoms with E-state index in [0.29, 0.717) is 34.4 Å². The zero-order valence-electron chi connectivity index (χ0n) is 15.7. The molecular weight excluding hydrogens is 390 g/mol. The summed E-state index contributed by atoms with van der Waals surface area (Å²) >= 11 is 5.92. The fourth-order valence-corrected chi connectivity index (χ4v) is 3.05. The zero-order chi connectivity index (χ0) is 20.2. The Hall–Kier alpha value is -3.38. The van der Waals surface area contributed by atoms with Gasteiger partial charge in [-0.2, -0.15) is 4.98 Å². The van der Waals surface area contributed by atoms with Gasteiger partial charge in [-0.15, -0.1) is 0 Å². The molecule has 2 aromatic heterocycles. The number of pyridine rings is 1. The fourth-order valence-electron chi connectivity index (χ4n) is 2.83. The molecule has 4 rings (SSSR count). The summed E-state index contributed by atoms with van der Waals surface area (Å²) in [6, 6.07) is 16.6. The van der Waals surface area contributed by atoms with Crippen LogP contribution in [0.2, 0.25) is 5.02 Å². The number of nitrogens with one attached hydrogen (secondary N) is 1. The lowest BCUT2D eigenvalue weighted by atomic mass is 10.1. The average molecular weight is 408 g/mol. The highest BCUT2D eigenvalue weighted by Crippen LogP contribution is 2.23. The summed E-state index contributed by atoms with van der Waals surface area (Å²) in [5.74, 6) is 0.955. The molecule has 1 N–H and O–H groups in total. The van der Waals surface area contributed by atoms with E-state index in [1.807, 2.05) is 37.3 Å². The Morgan fingerprint density at radius 1 is 1.17 bits per heavy atom. The van der Waals surface area contributed by atoms with E-state index in [2.05, 4.69) is 15.3 Å². The average Bonchev–Trinajstić information content (AvgIpc) is 3.16. The highest BCUT2D eigenvalue weighted by Gasteiger charge is 2.09. The molecule has 0 aliphatic heterocycles. The monoisotopic (exact) mass is 407 g/mol. The Morgan fingerprint density at radius 2 is 2.00 bits per heavy atom. The SMILES string of the molecule is Cc1cc(Cl)ccc1OCC(=O)NCc1ccc(-c2nc3ncccc3o2)cc1. The number of nitrogens with zero attached hydrogens (tertiary/aromatic N) is 2. The highest BCUT2D eigenvalue weighted by molar-refractivity contribution is 6.30. The van der Waals surface area contributed by atoms with Crippen LogP contribution in [0.5, 0.6) is 5.75 Å². The van der Waals surface area contributed by atoms with Crippen LogP contribution >= 0.6 is 11.6 Å². The maximum absolute atomic E-state index is 12.1. The first kappa shape index (κ1) is 19.0. The molecule has 2 aromatic carbocycles. The van der Waals surface area contributed by atoms with Crippen molar-refractivity contribution in [3.63, 3.8) is 0 Å². The minimum Gasteiger partial charge on any atom is -0.484 e. The van der Waals surface area contributed by atoms with Gasteiger partial charge in [0.15, 0.2) is 17.8 Å². The van der Waals surface area contributed by atoms with Crippen molar-refractivity contribution in [3.05, 3.63) is 76.9 Å². The molecule has 0 saturated heterocycles. The van der Waals surface area contributed by atoms with Gasteiger partial charge in [0.25, 0.3) is 5.91 Å². The van der Waals surface area contributed by atoms with Gasteiger partial charge in [0, 0.05) is 23.3 Å². The Morgan fingerprint density at radius 3 is 2.76 bits per heavy atom. The lowest BCUT2D eigenvalue weighted by Crippen LogP contribution is -2.28. The van der Waals surface area contributed by atoms with E-state index < -0.39 is 0 Å². The van der Waals surface area contributed by atoms with Crippen molar-refractivity contribution in [1.82, 2.24) is 15.3 Å². The van der Waals surface area contributed by atoms with Crippen molar-refractivity contribution in [3.8, 4) is 17.2 Å². The van der Waals surface area contributed by atoms with E-state index in [1.165, 1.54) is 0 Å². The molecule has 0 spiro atoms. The van der Waals surface area contributed by atoms with E-state index in [0.717, 1.165) is 16.7 Å². The van der Waals surface area contributed by atoms with Crippen molar-refractivity contribution in [2.24, 2.45) is 0 Å². The molecule has 0 radical (unpaired) electrons. The number of carbonyl (C=O) groups is 1. The number of aromatic nitrogens is 2. The number of fused-ring (bicyclic) bond motifs is 1. The van der Waals surface area contributed by atoms with E-state index in [9.17, 15) is 4.79 Å². The summed E-state index contributed by atoms with van der Waals surface area (Å²) in [7, 11) is 0. The summed E-state index contributed by atoms with van der Waals surface area (Å²) in [5.41, 5.74) is 3.92. The predicted molar refractivity (Wildman–Crippen MR) is 111 cm³/mol. The smallest absolute Gasteiger partial charge is 0.258 e. The van der Waals surface area contributed by atoms with Crippen LogP contribution in [-0.2, 0) is 11.3 Å². The third-order valence-electron chi connectivity index (χ3n) is 4.35. The van der Waals surface area contributed by atoms with Crippen LogP contribution in [0.3, 0.4) is 0 Å². The van der Waals surface area contributed by atoms with E-state index >= 15 is 0 Å². The number of halogens is 1. The molecule has 0 atom stereocenters. The molecule has 7 heteroatoms. The van der Waals surface area contributed by atoms with E-state index in [1.54, 1.807) is 30.5 Å². The molecule has 0 aliphatic carbocycles. The maximum Gasteiger partial charge on any atom is 0.258 e. The summed E-state index contributed by atoms with van der Waals surface area (Å²) < 4.78 is 11.3. The number of ether oxygens (including phenoxy) is 1. The molecule has 29 heavy (non-hydrogen) atoms.